The highest BCUT2D eigenvalue weighted by Gasteiger charge is 2.08. The highest BCUT2D eigenvalue weighted by Crippen LogP contribution is 2.16. The fourth-order valence-corrected chi connectivity index (χ4v) is 2.43. The van der Waals surface area contributed by atoms with Crippen molar-refractivity contribution in [1.29, 1.82) is 0 Å². The summed E-state index contributed by atoms with van der Waals surface area (Å²) in [7, 11) is 2.09. The van der Waals surface area contributed by atoms with Crippen molar-refractivity contribution >= 4 is 15.9 Å². The van der Waals surface area contributed by atoms with Gasteiger partial charge in [-0.05, 0) is 30.8 Å². The van der Waals surface area contributed by atoms with E-state index in [2.05, 4.69) is 46.1 Å². The van der Waals surface area contributed by atoms with Gasteiger partial charge in [-0.2, -0.15) is 0 Å². The highest BCUT2D eigenvalue weighted by molar-refractivity contribution is 9.10. The van der Waals surface area contributed by atoms with Crippen LogP contribution in [0.5, 0.6) is 0 Å². The molecular weight excluding hydrogens is 292 g/mol. The normalized spacial score (nSPS) is 11.1. The van der Waals surface area contributed by atoms with E-state index in [1.165, 1.54) is 5.56 Å². The fraction of sp³-hybridized carbons (Fsp3) is 0.286. The van der Waals surface area contributed by atoms with Gasteiger partial charge in [0, 0.05) is 23.1 Å². The molecule has 0 aliphatic carbocycles. The van der Waals surface area contributed by atoms with Gasteiger partial charge in [-0.25, -0.2) is 0 Å². The van der Waals surface area contributed by atoms with Crippen LogP contribution >= 0.6 is 15.9 Å². The van der Waals surface area contributed by atoms with E-state index in [1.54, 1.807) is 6.26 Å². The van der Waals surface area contributed by atoms with Crippen LogP contribution in [0.4, 0.5) is 0 Å². The molecular formula is C14H17BrN2O. The number of rotatable bonds is 5. The van der Waals surface area contributed by atoms with Gasteiger partial charge in [0.25, 0.3) is 0 Å². The zero-order chi connectivity index (χ0) is 13.0. The highest BCUT2D eigenvalue weighted by atomic mass is 79.9. The second kappa shape index (κ2) is 6.18. The van der Waals surface area contributed by atoms with Gasteiger partial charge < -0.3 is 10.2 Å². The first-order valence-corrected chi connectivity index (χ1v) is 6.66. The van der Waals surface area contributed by atoms with E-state index in [9.17, 15) is 0 Å². The molecule has 0 amide bonds. The van der Waals surface area contributed by atoms with Crippen LogP contribution < -0.4 is 5.73 Å². The largest absolute Gasteiger partial charge is 0.468 e. The van der Waals surface area contributed by atoms with Gasteiger partial charge in [0.1, 0.15) is 5.76 Å². The summed E-state index contributed by atoms with van der Waals surface area (Å²) >= 11 is 3.49. The minimum atomic E-state index is 0.451. The molecule has 0 radical (unpaired) electrons. The molecule has 2 N–H and O–H groups in total. The summed E-state index contributed by atoms with van der Waals surface area (Å²) in [6.07, 6.45) is 1.70. The van der Waals surface area contributed by atoms with E-state index < -0.39 is 0 Å². The van der Waals surface area contributed by atoms with E-state index in [4.69, 9.17) is 10.2 Å². The van der Waals surface area contributed by atoms with Crippen LogP contribution in [0.2, 0.25) is 0 Å². The van der Waals surface area contributed by atoms with Gasteiger partial charge in [-0.1, -0.05) is 28.1 Å². The molecule has 1 heterocycles. The molecule has 0 saturated carbocycles. The van der Waals surface area contributed by atoms with Crippen molar-refractivity contribution in [3.05, 3.63) is 58.0 Å². The number of benzene rings is 1. The Morgan fingerprint density at radius 3 is 2.83 bits per heavy atom. The Morgan fingerprint density at radius 2 is 2.11 bits per heavy atom. The summed E-state index contributed by atoms with van der Waals surface area (Å²) < 4.78 is 6.44. The summed E-state index contributed by atoms with van der Waals surface area (Å²) in [5.41, 5.74) is 8.07. The minimum Gasteiger partial charge on any atom is -0.468 e. The van der Waals surface area contributed by atoms with Gasteiger partial charge >= 0.3 is 0 Å². The van der Waals surface area contributed by atoms with Crippen LogP contribution in [0, 0.1) is 0 Å². The predicted molar refractivity (Wildman–Crippen MR) is 75.9 cm³/mol. The number of hydrogen-bond acceptors (Lipinski definition) is 3. The average molecular weight is 309 g/mol. The van der Waals surface area contributed by atoms with Crippen molar-refractivity contribution in [1.82, 2.24) is 4.90 Å². The van der Waals surface area contributed by atoms with E-state index >= 15 is 0 Å². The average Bonchev–Trinajstić information content (AvgIpc) is 2.76. The van der Waals surface area contributed by atoms with Crippen LogP contribution in [-0.2, 0) is 19.6 Å². The van der Waals surface area contributed by atoms with E-state index in [1.807, 2.05) is 12.1 Å². The fourth-order valence-electron chi connectivity index (χ4n) is 1.98. The summed E-state index contributed by atoms with van der Waals surface area (Å²) in [5.74, 6) is 0.871. The smallest absolute Gasteiger partial charge is 0.121 e. The standard InChI is InChI=1S/C14H17BrN2O/c1-17(9-11-3-2-4-13(15)7-11)10-12-5-6-18-14(12)8-16/h2-7H,8-10,16H2,1H3. The second-order valence-electron chi connectivity index (χ2n) is 4.38. The van der Waals surface area contributed by atoms with Gasteiger partial charge in [0.2, 0.25) is 0 Å². The molecule has 1 aromatic carbocycles. The van der Waals surface area contributed by atoms with Crippen LogP contribution in [0.3, 0.4) is 0 Å². The molecule has 2 rings (SSSR count). The Labute approximate surface area is 116 Å². The molecule has 3 nitrogen and oxygen atoms in total. The maximum atomic E-state index is 5.62. The first kappa shape index (κ1) is 13.3. The lowest BCUT2D eigenvalue weighted by molar-refractivity contribution is 0.315. The molecule has 0 unspecified atom stereocenters. The van der Waals surface area contributed by atoms with E-state index in [-0.39, 0.29) is 0 Å². The van der Waals surface area contributed by atoms with E-state index in [0.717, 1.165) is 28.9 Å². The minimum absolute atomic E-state index is 0.451. The SMILES string of the molecule is CN(Cc1cccc(Br)c1)Cc1ccoc1CN. The summed E-state index contributed by atoms with van der Waals surface area (Å²) in [5, 5.41) is 0. The first-order chi connectivity index (χ1) is 8.69. The zero-order valence-corrected chi connectivity index (χ0v) is 12.0. The maximum absolute atomic E-state index is 5.62. The van der Waals surface area contributed by atoms with Crippen molar-refractivity contribution in [2.45, 2.75) is 19.6 Å². The molecule has 0 fully saturated rings. The third-order valence-corrected chi connectivity index (χ3v) is 3.30. The monoisotopic (exact) mass is 308 g/mol. The lowest BCUT2D eigenvalue weighted by atomic mass is 10.2. The van der Waals surface area contributed by atoms with Gasteiger partial charge in [0.05, 0.1) is 12.8 Å². The van der Waals surface area contributed by atoms with Crippen LogP contribution in [0.15, 0.2) is 45.5 Å². The molecule has 0 aliphatic rings. The third-order valence-electron chi connectivity index (χ3n) is 2.80. The Hall–Kier alpha value is -1.10. The number of halogens is 1. The number of furan rings is 1. The summed E-state index contributed by atoms with van der Waals surface area (Å²) in [6, 6.07) is 10.3. The molecule has 0 bridgehead atoms. The lowest BCUT2D eigenvalue weighted by Gasteiger charge is -2.16. The quantitative estimate of drug-likeness (QED) is 0.922. The third kappa shape index (κ3) is 3.45. The topological polar surface area (TPSA) is 42.4 Å². The second-order valence-corrected chi connectivity index (χ2v) is 5.29. The Morgan fingerprint density at radius 1 is 1.28 bits per heavy atom. The van der Waals surface area contributed by atoms with Crippen molar-refractivity contribution in [3.63, 3.8) is 0 Å². The Bertz CT molecular complexity index is 510. The molecule has 0 saturated heterocycles. The van der Waals surface area contributed by atoms with Gasteiger partial charge in [0.15, 0.2) is 0 Å². The van der Waals surface area contributed by atoms with Gasteiger partial charge in [-0.3, -0.25) is 4.90 Å². The number of hydrogen-bond donors (Lipinski definition) is 1. The van der Waals surface area contributed by atoms with Crippen LogP contribution in [-0.4, -0.2) is 11.9 Å². The molecule has 0 spiro atoms. The predicted octanol–water partition coefficient (Wildman–Crippen LogP) is 3.13. The number of nitrogens with two attached hydrogens (primary N) is 1. The molecule has 0 atom stereocenters. The van der Waals surface area contributed by atoms with Crippen molar-refractivity contribution in [2.24, 2.45) is 5.73 Å². The lowest BCUT2D eigenvalue weighted by Crippen LogP contribution is -2.18. The van der Waals surface area contributed by atoms with Crippen LogP contribution in [0.25, 0.3) is 0 Å². The molecule has 0 aliphatic heterocycles. The molecule has 4 heteroatoms. The Kier molecular flexibility index (Phi) is 4.58. The van der Waals surface area contributed by atoms with Crippen LogP contribution in [0.1, 0.15) is 16.9 Å². The number of nitrogens with zero attached hydrogens (tertiary/aromatic N) is 1. The first-order valence-electron chi connectivity index (χ1n) is 5.87. The molecule has 1 aromatic heterocycles. The molecule has 96 valence electrons. The van der Waals surface area contributed by atoms with E-state index in [0.29, 0.717) is 6.54 Å². The molecule has 18 heavy (non-hydrogen) atoms. The zero-order valence-electron chi connectivity index (χ0n) is 10.4. The summed E-state index contributed by atoms with van der Waals surface area (Å²) in [6.45, 7) is 2.19. The van der Waals surface area contributed by atoms with Crippen molar-refractivity contribution in [3.8, 4) is 0 Å². The van der Waals surface area contributed by atoms with Crippen molar-refractivity contribution < 1.29 is 4.42 Å². The Balaban J connectivity index is 1.98. The van der Waals surface area contributed by atoms with Gasteiger partial charge in [-0.15, -0.1) is 0 Å². The summed E-state index contributed by atoms with van der Waals surface area (Å²) in [4.78, 5) is 2.24. The van der Waals surface area contributed by atoms with Crippen molar-refractivity contribution in [2.75, 3.05) is 7.05 Å². The molecule has 2 aromatic rings. The maximum Gasteiger partial charge on any atom is 0.121 e.